The molecule has 0 saturated carbocycles. The van der Waals surface area contributed by atoms with Gasteiger partial charge in [-0.3, -0.25) is 4.72 Å². The minimum absolute atomic E-state index is 0.0473. The molecule has 0 fully saturated rings. The molecule has 3 aromatic rings. The van der Waals surface area contributed by atoms with Crippen LogP contribution in [0.2, 0.25) is 0 Å². The number of sulfonamides is 1. The van der Waals surface area contributed by atoms with Gasteiger partial charge in [0.1, 0.15) is 11.3 Å². The average molecular weight is 292 g/mol. The molecular formula is C13H9FN2O3S. The first-order valence-corrected chi connectivity index (χ1v) is 7.14. The Labute approximate surface area is 114 Å². The lowest BCUT2D eigenvalue weighted by molar-refractivity contribution is 0.594. The fraction of sp³-hybridized carbons (Fsp3) is 0. The Morgan fingerprint density at radius 2 is 1.85 bits per heavy atom. The number of nitrogens with one attached hydrogen (secondary N) is 1. The summed E-state index contributed by atoms with van der Waals surface area (Å²) in [7, 11) is -3.76. The van der Waals surface area contributed by atoms with E-state index < -0.39 is 15.8 Å². The fourth-order valence-corrected chi connectivity index (χ4v) is 2.81. The summed E-state index contributed by atoms with van der Waals surface area (Å²) in [5.41, 5.74) is 1.24. The van der Waals surface area contributed by atoms with Gasteiger partial charge in [-0.1, -0.05) is 0 Å². The molecule has 0 bridgehead atoms. The molecule has 0 aliphatic heterocycles. The molecule has 20 heavy (non-hydrogen) atoms. The standard InChI is InChI=1S/C13H9FN2O3S/c14-9-1-3-10(4-2-9)16-20(17,18)11-5-6-12-13(7-11)19-8-15-12/h1-8,16H. The maximum absolute atomic E-state index is 12.8. The van der Waals surface area contributed by atoms with Crippen LogP contribution in [-0.2, 0) is 10.0 Å². The molecule has 102 valence electrons. The Morgan fingerprint density at radius 1 is 1.10 bits per heavy atom. The van der Waals surface area contributed by atoms with Crippen LogP contribution in [0.1, 0.15) is 0 Å². The molecule has 0 spiro atoms. The zero-order valence-corrected chi connectivity index (χ0v) is 10.9. The quantitative estimate of drug-likeness (QED) is 0.805. The zero-order chi connectivity index (χ0) is 14.2. The third kappa shape index (κ3) is 2.35. The molecule has 0 radical (unpaired) electrons. The molecule has 2 aromatic carbocycles. The predicted octanol–water partition coefficient (Wildman–Crippen LogP) is 2.77. The number of nitrogens with zero attached hydrogens (tertiary/aromatic N) is 1. The first kappa shape index (κ1) is 12.6. The zero-order valence-electron chi connectivity index (χ0n) is 10.1. The maximum Gasteiger partial charge on any atom is 0.262 e. The molecule has 3 rings (SSSR count). The summed E-state index contributed by atoms with van der Waals surface area (Å²) >= 11 is 0. The van der Waals surface area contributed by atoms with Crippen LogP contribution in [0.3, 0.4) is 0 Å². The van der Waals surface area contributed by atoms with E-state index in [0.717, 1.165) is 0 Å². The number of anilines is 1. The number of fused-ring (bicyclic) bond motifs is 1. The van der Waals surface area contributed by atoms with E-state index in [1.165, 1.54) is 42.8 Å². The Balaban J connectivity index is 1.96. The van der Waals surface area contributed by atoms with Gasteiger partial charge in [0.2, 0.25) is 0 Å². The molecule has 1 N–H and O–H groups in total. The summed E-state index contributed by atoms with van der Waals surface area (Å²) in [4.78, 5) is 3.96. The normalized spacial score (nSPS) is 11.7. The van der Waals surface area contributed by atoms with E-state index in [9.17, 15) is 12.8 Å². The Bertz CT molecular complexity index is 857. The highest BCUT2D eigenvalue weighted by molar-refractivity contribution is 7.92. The highest BCUT2D eigenvalue weighted by atomic mass is 32.2. The van der Waals surface area contributed by atoms with E-state index >= 15 is 0 Å². The summed E-state index contributed by atoms with van der Waals surface area (Å²) in [6, 6.07) is 9.41. The summed E-state index contributed by atoms with van der Waals surface area (Å²) in [6.07, 6.45) is 1.24. The van der Waals surface area contributed by atoms with E-state index in [4.69, 9.17) is 4.42 Å². The van der Waals surface area contributed by atoms with Crippen LogP contribution in [0.15, 0.2) is 58.2 Å². The van der Waals surface area contributed by atoms with Crippen molar-refractivity contribution in [2.75, 3.05) is 4.72 Å². The van der Waals surface area contributed by atoms with E-state index in [0.29, 0.717) is 11.1 Å². The molecule has 1 heterocycles. The van der Waals surface area contributed by atoms with Crippen molar-refractivity contribution in [1.82, 2.24) is 4.98 Å². The van der Waals surface area contributed by atoms with Crippen molar-refractivity contribution in [2.45, 2.75) is 4.90 Å². The van der Waals surface area contributed by atoms with Crippen molar-refractivity contribution >= 4 is 26.8 Å². The lowest BCUT2D eigenvalue weighted by Crippen LogP contribution is -2.12. The Morgan fingerprint density at radius 3 is 2.60 bits per heavy atom. The SMILES string of the molecule is O=S(=O)(Nc1ccc(F)cc1)c1ccc2ncoc2c1. The fourth-order valence-electron chi connectivity index (χ4n) is 1.73. The van der Waals surface area contributed by atoms with Gasteiger partial charge in [-0.2, -0.15) is 0 Å². The molecule has 0 aliphatic carbocycles. The molecule has 0 saturated heterocycles. The van der Waals surface area contributed by atoms with Crippen molar-refractivity contribution in [3.63, 3.8) is 0 Å². The lowest BCUT2D eigenvalue weighted by Gasteiger charge is -2.07. The van der Waals surface area contributed by atoms with E-state index in [1.807, 2.05) is 0 Å². The van der Waals surface area contributed by atoms with Crippen LogP contribution in [-0.4, -0.2) is 13.4 Å². The van der Waals surface area contributed by atoms with Crippen molar-refractivity contribution in [3.8, 4) is 0 Å². The van der Waals surface area contributed by atoms with Gasteiger partial charge in [-0.15, -0.1) is 0 Å². The van der Waals surface area contributed by atoms with Gasteiger partial charge >= 0.3 is 0 Å². The number of aromatic nitrogens is 1. The predicted molar refractivity (Wildman–Crippen MR) is 71.2 cm³/mol. The highest BCUT2D eigenvalue weighted by Crippen LogP contribution is 2.20. The number of rotatable bonds is 3. The van der Waals surface area contributed by atoms with Crippen LogP contribution in [0.4, 0.5) is 10.1 Å². The monoisotopic (exact) mass is 292 g/mol. The Hall–Kier alpha value is -2.41. The summed E-state index contributed by atoms with van der Waals surface area (Å²) in [5.74, 6) is -0.434. The number of halogens is 1. The van der Waals surface area contributed by atoms with Crippen LogP contribution in [0, 0.1) is 5.82 Å². The molecule has 5 nitrogen and oxygen atoms in total. The van der Waals surface area contributed by atoms with Crippen LogP contribution in [0.25, 0.3) is 11.1 Å². The number of hydrogen-bond acceptors (Lipinski definition) is 4. The minimum atomic E-state index is -3.76. The topological polar surface area (TPSA) is 72.2 Å². The van der Waals surface area contributed by atoms with E-state index in [2.05, 4.69) is 9.71 Å². The van der Waals surface area contributed by atoms with E-state index in [-0.39, 0.29) is 10.6 Å². The third-order valence-corrected chi connectivity index (χ3v) is 4.09. The Kier molecular flexibility index (Phi) is 2.90. The average Bonchev–Trinajstić information content (AvgIpc) is 2.88. The second-order valence-corrected chi connectivity index (χ2v) is 5.78. The van der Waals surface area contributed by atoms with Gasteiger partial charge < -0.3 is 4.42 Å². The van der Waals surface area contributed by atoms with Crippen molar-refractivity contribution in [1.29, 1.82) is 0 Å². The lowest BCUT2D eigenvalue weighted by atomic mass is 10.3. The molecule has 0 atom stereocenters. The number of hydrogen-bond donors (Lipinski definition) is 1. The molecule has 0 amide bonds. The van der Waals surface area contributed by atoms with Gasteiger partial charge in [0.05, 0.1) is 4.90 Å². The minimum Gasteiger partial charge on any atom is -0.443 e. The van der Waals surface area contributed by atoms with E-state index in [1.54, 1.807) is 6.07 Å². The smallest absolute Gasteiger partial charge is 0.262 e. The van der Waals surface area contributed by atoms with Crippen LogP contribution in [0.5, 0.6) is 0 Å². The molecular weight excluding hydrogens is 283 g/mol. The van der Waals surface area contributed by atoms with Gasteiger partial charge in [0.15, 0.2) is 12.0 Å². The summed E-state index contributed by atoms with van der Waals surface area (Å²) in [6.45, 7) is 0. The second-order valence-electron chi connectivity index (χ2n) is 4.09. The van der Waals surface area contributed by atoms with Gasteiger partial charge in [-0.25, -0.2) is 17.8 Å². The number of oxazole rings is 1. The van der Waals surface area contributed by atoms with Gasteiger partial charge in [0, 0.05) is 11.8 Å². The van der Waals surface area contributed by atoms with Crippen molar-refractivity contribution < 1.29 is 17.2 Å². The molecule has 0 aliphatic rings. The number of benzene rings is 2. The maximum atomic E-state index is 12.8. The molecule has 7 heteroatoms. The van der Waals surface area contributed by atoms with Crippen molar-refractivity contribution in [2.24, 2.45) is 0 Å². The summed E-state index contributed by atoms with van der Waals surface area (Å²) in [5, 5.41) is 0. The highest BCUT2D eigenvalue weighted by Gasteiger charge is 2.15. The van der Waals surface area contributed by atoms with Crippen LogP contribution < -0.4 is 4.72 Å². The largest absolute Gasteiger partial charge is 0.443 e. The van der Waals surface area contributed by atoms with Crippen molar-refractivity contribution in [3.05, 3.63) is 54.7 Å². The van der Waals surface area contributed by atoms with Gasteiger partial charge in [-0.05, 0) is 36.4 Å². The summed E-state index contributed by atoms with van der Waals surface area (Å²) < 4.78 is 44.6. The molecule has 0 unspecified atom stereocenters. The first-order valence-electron chi connectivity index (χ1n) is 5.66. The third-order valence-electron chi connectivity index (χ3n) is 2.71. The van der Waals surface area contributed by atoms with Crippen LogP contribution >= 0.6 is 0 Å². The van der Waals surface area contributed by atoms with Gasteiger partial charge in [0.25, 0.3) is 10.0 Å². The molecule has 1 aromatic heterocycles. The first-order chi connectivity index (χ1) is 9.54. The second kappa shape index (κ2) is 4.61.